The van der Waals surface area contributed by atoms with E-state index in [1.54, 1.807) is 4.90 Å². The summed E-state index contributed by atoms with van der Waals surface area (Å²) in [7, 11) is 0. The lowest BCUT2D eigenvalue weighted by atomic mass is 9.76. The molecule has 1 amide bonds. The van der Waals surface area contributed by atoms with E-state index in [2.05, 4.69) is 0 Å². The van der Waals surface area contributed by atoms with Crippen LogP contribution in [0.4, 0.5) is 0 Å². The van der Waals surface area contributed by atoms with Gasteiger partial charge in [0.1, 0.15) is 5.78 Å². The zero-order chi connectivity index (χ0) is 13.6. The molecule has 0 aliphatic heterocycles. The fourth-order valence-corrected chi connectivity index (χ4v) is 1.60. The molecule has 0 saturated carbocycles. The second-order valence-electron chi connectivity index (χ2n) is 5.37. The zero-order valence-electron chi connectivity index (χ0n) is 12.2. The highest BCUT2D eigenvalue weighted by Gasteiger charge is 2.30. The second-order valence-corrected chi connectivity index (χ2v) is 5.37. The summed E-state index contributed by atoms with van der Waals surface area (Å²) in [6.45, 7) is 13.4. The van der Waals surface area contributed by atoms with Crippen molar-refractivity contribution in [1.29, 1.82) is 0 Å². The van der Waals surface area contributed by atoms with Gasteiger partial charge >= 0.3 is 0 Å². The van der Waals surface area contributed by atoms with Gasteiger partial charge in [-0.1, -0.05) is 27.7 Å². The van der Waals surface area contributed by atoms with Crippen LogP contribution in [0.15, 0.2) is 0 Å². The minimum atomic E-state index is -0.330. The number of nitrogens with zero attached hydrogens (tertiary/aromatic N) is 1. The first-order valence-corrected chi connectivity index (χ1v) is 6.58. The van der Waals surface area contributed by atoms with Crippen molar-refractivity contribution >= 4 is 11.7 Å². The van der Waals surface area contributed by atoms with Crippen LogP contribution in [0.3, 0.4) is 0 Å². The predicted molar refractivity (Wildman–Crippen MR) is 70.8 cm³/mol. The van der Waals surface area contributed by atoms with Crippen LogP contribution in [0, 0.1) is 11.3 Å². The van der Waals surface area contributed by atoms with E-state index in [1.165, 1.54) is 0 Å². The van der Waals surface area contributed by atoms with Gasteiger partial charge in [0, 0.05) is 31.3 Å². The van der Waals surface area contributed by atoms with Crippen molar-refractivity contribution in [3.63, 3.8) is 0 Å². The molecular formula is C14H27NO2. The monoisotopic (exact) mass is 241 g/mol. The van der Waals surface area contributed by atoms with E-state index in [0.717, 1.165) is 13.1 Å². The molecule has 0 aliphatic rings. The molecule has 17 heavy (non-hydrogen) atoms. The summed E-state index contributed by atoms with van der Waals surface area (Å²) in [5, 5.41) is 0. The molecule has 0 aliphatic carbocycles. The van der Waals surface area contributed by atoms with Crippen molar-refractivity contribution in [2.24, 2.45) is 11.3 Å². The van der Waals surface area contributed by atoms with E-state index >= 15 is 0 Å². The second kappa shape index (κ2) is 6.77. The van der Waals surface area contributed by atoms with Gasteiger partial charge in [0.2, 0.25) is 5.91 Å². The number of hydrogen-bond donors (Lipinski definition) is 0. The summed E-state index contributed by atoms with van der Waals surface area (Å²) in [4.78, 5) is 25.6. The minimum Gasteiger partial charge on any atom is -0.343 e. The maximum absolute atomic E-state index is 12.0. The average molecular weight is 241 g/mol. The van der Waals surface area contributed by atoms with Crippen molar-refractivity contribution in [1.82, 2.24) is 4.90 Å². The molecule has 0 bridgehead atoms. The number of amides is 1. The van der Waals surface area contributed by atoms with Crippen molar-refractivity contribution in [3.8, 4) is 0 Å². The number of ketones is 1. The molecule has 0 fully saturated rings. The fourth-order valence-electron chi connectivity index (χ4n) is 1.60. The van der Waals surface area contributed by atoms with Gasteiger partial charge in [-0.15, -0.1) is 0 Å². The number of hydrogen-bond acceptors (Lipinski definition) is 2. The Morgan fingerprint density at radius 1 is 1.06 bits per heavy atom. The molecule has 0 spiro atoms. The number of carbonyl (C=O) groups excluding carboxylic acids is 2. The topological polar surface area (TPSA) is 37.4 Å². The van der Waals surface area contributed by atoms with Gasteiger partial charge in [-0.2, -0.15) is 0 Å². The van der Waals surface area contributed by atoms with Crippen LogP contribution < -0.4 is 0 Å². The van der Waals surface area contributed by atoms with Crippen LogP contribution in [0.25, 0.3) is 0 Å². The molecule has 3 nitrogen and oxygen atoms in total. The van der Waals surface area contributed by atoms with E-state index in [1.807, 2.05) is 41.5 Å². The van der Waals surface area contributed by atoms with Crippen molar-refractivity contribution in [2.45, 2.75) is 54.4 Å². The summed E-state index contributed by atoms with van der Waals surface area (Å²) in [6, 6.07) is 0. The van der Waals surface area contributed by atoms with Crippen LogP contribution in [-0.2, 0) is 9.59 Å². The minimum absolute atomic E-state index is 0.0860. The van der Waals surface area contributed by atoms with Crippen LogP contribution in [0.2, 0.25) is 0 Å². The first-order chi connectivity index (χ1) is 7.77. The predicted octanol–water partition coefficient (Wildman–Crippen LogP) is 2.89. The van der Waals surface area contributed by atoms with Gasteiger partial charge in [0.25, 0.3) is 0 Å². The summed E-state index contributed by atoms with van der Waals surface area (Å²) >= 11 is 0. The highest BCUT2D eigenvalue weighted by molar-refractivity contribution is 5.88. The Bertz CT molecular complexity index is 265. The summed E-state index contributed by atoms with van der Waals surface area (Å²) in [5.41, 5.74) is -0.330. The van der Waals surface area contributed by atoms with Crippen LogP contribution in [-0.4, -0.2) is 29.7 Å². The molecule has 0 aromatic rings. The third kappa shape index (κ3) is 4.49. The van der Waals surface area contributed by atoms with Crippen molar-refractivity contribution in [2.75, 3.05) is 13.1 Å². The zero-order valence-corrected chi connectivity index (χ0v) is 12.2. The molecule has 0 aromatic carbocycles. The molecule has 0 atom stereocenters. The van der Waals surface area contributed by atoms with Crippen molar-refractivity contribution < 1.29 is 9.59 Å². The first kappa shape index (κ1) is 16.1. The molecule has 0 aromatic heterocycles. The first-order valence-electron chi connectivity index (χ1n) is 6.58. The third-order valence-corrected chi connectivity index (χ3v) is 3.84. The van der Waals surface area contributed by atoms with E-state index in [-0.39, 0.29) is 17.1 Å². The summed E-state index contributed by atoms with van der Waals surface area (Å²) in [6.07, 6.45) is 0.706. The fraction of sp³-hybridized carbons (Fsp3) is 0.857. The molecule has 100 valence electrons. The highest BCUT2D eigenvalue weighted by atomic mass is 16.2. The number of carbonyl (C=O) groups is 2. The maximum atomic E-state index is 12.0. The summed E-state index contributed by atoms with van der Waals surface area (Å²) in [5.74, 6) is 0.578. The molecular weight excluding hydrogens is 214 g/mol. The molecule has 0 N–H and O–H groups in total. The molecule has 0 saturated heterocycles. The van der Waals surface area contributed by atoms with E-state index in [0.29, 0.717) is 18.8 Å². The van der Waals surface area contributed by atoms with E-state index in [9.17, 15) is 9.59 Å². The standard InChI is InChI=1S/C14H27NO2/c1-7-15(8-2)13(17)10-9-12(16)14(5,6)11(3)4/h11H,7-10H2,1-6H3. The Labute approximate surface area is 106 Å². The molecule has 3 heteroatoms. The lowest BCUT2D eigenvalue weighted by molar-refractivity contribution is -0.135. The van der Waals surface area contributed by atoms with E-state index in [4.69, 9.17) is 0 Å². The number of Topliss-reactive ketones (excluding diaryl/α,β-unsaturated/α-hetero) is 1. The Hall–Kier alpha value is -0.860. The molecule has 0 rings (SSSR count). The van der Waals surface area contributed by atoms with Gasteiger partial charge < -0.3 is 4.90 Å². The number of rotatable bonds is 7. The van der Waals surface area contributed by atoms with Gasteiger partial charge in [0.05, 0.1) is 0 Å². The highest BCUT2D eigenvalue weighted by Crippen LogP contribution is 2.28. The SMILES string of the molecule is CCN(CC)C(=O)CCC(=O)C(C)(C)C(C)C. The Morgan fingerprint density at radius 3 is 1.88 bits per heavy atom. The lowest BCUT2D eigenvalue weighted by Crippen LogP contribution is -2.33. The smallest absolute Gasteiger partial charge is 0.222 e. The molecule has 0 unspecified atom stereocenters. The maximum Gasteiger partial charge on any atom is 0.222 e. The van der Waals surface area contributed by atoms with Crippen LogP contribution in [0.5, 0.6) is 0 Å². The third-order valence-electron chi connectivity index (χ3n) is 3.84. The Kier molecular flexibility index (Phi) is 6.43. The lowest BCUT2D eigenvalue weighted by Gasteiger charge is -2.28. The summed E-state index contributed by atoms with van der Waals surface area (Å²) < 4.78 is 0. The Balaban J connectivity index is 4.30. The van der Waals surface area contributed by atoms with Gasteiger partial charge in [-0.05, 0) is 19.8 Å². The average Bonchev–Trinajstić information content (AvgIpc) is 2.27. The largest absolute Gasteiger partial charge is 0.343 e. The van der Waals surface area contributed by atoms with E-state index < -0.39 is 0 Å². The van der Waals surface area contributed by atoms with Crippen LogP contribution in [0.1, 0.15) is 54.4 Å². The molecule has 0 radical (unpaired) electrons. The quantitative estimate of drug-likeness (QED) is 0.687. The molecule has 0 heterocycles. The van der Waals surface area contributed by atoms with Crippen molar-refractivity contribution in [3.05, 3.63) is 0 Å². The van der Waals surface area contributed by atoms with Gasteiger partial charge in [-0.3, -0.25) is 9.59 Å². The normalized spacial score (nSPS) is 11.7. The van der Waals surface area contributed by atoms with Gasteiger partial charge in [0.15, 0.2) is 0 Å². The van der Waals surface area contributed by atoms with Crippen LogP contribution >= 0.6 is 0 Å². The van der Waals surface area contributed by atoms with Gasteiger partial charge in [-0.25, -0.2) is 0 Å². The Morgan fingerprint density at radius 2 is 1.53 bits per heavy atom.